The van der Waals surface area contributed by atoms with Gasteiger partial charge in [-0.05, 0) is 43.7 Å². The molecule has 0 atom stereocenters. The largest absolute Gasteiger partial charge is 0.481 e. The minimum absolute atomic E-state index is 0.233. The van der Waals surface area contributed by atoms with E-state index in [9.17, 15) is 0 Å². The molecule has 1 aromatic heterocycles. The molecule has 0 amide bonds. The highest BCUT2D eigenvalue weighted by Crippen LogP contribution is 2.33. The number of thiophene rings is 1. The SMILES string of the molecule is CC(C)Oc1ccc(-c2ccc(Br)cc2)s1. The molecule has 0 unspecified atom stereocenters. The first-order chi connectivity index (χ1) is 7.65. The molecule has 84 valence electrons. The fourth-order valence-corrected chi connectivity index (χ4v) is 2.63. The van der Waals surface area contributed by atoms with Gasteiger partial charge in [0.2, 0.25) is 0 Å². The first-order valence-corrected chi connectivity index (χ1v) is 6.78. The zero-order chi connectivity index (χ0) is 11.5. The fraction of sp³-hybridized carbons (Fsp3) is 0.231. The number of rotatable bonds is 3. The van der Waals surface area contributed by atoms with E-state index in [0.29, 0.717) is 0 Å². The predicted molar refractivity (Wildman–Crippen MR) is 73.2 cm³/mol. The maximum Gasteiger partial charge on any atom is 0.174 e. The van der Waals surface area contributed by atoms with Crippen LogP contribution in [0.15, 0.2) is 40.9 Å². The third-order valence-corrected chi connectivity index (χ3v) is 3.62. The molecule has 2 aromatic rings. The summed E-state index contributed by atoms with van der Waals surface area (Å²) in [4.78, 5) is 1.24. The van der Waals surface area contributed by atoms with Gasteiger partial charge in [-0.25, -0.2) is 0 Å². The van der Waals surface area contributed by atoms with Crippen molar-refractivity contribution in [3.63, 3.8) is 0 Å². The fourth-order valence-electron chi connectivity index (χ4n) is 1.39. The van der Waals surface area contributed by atoms with Gasteiger partial charge in [0.15, 0.2) is 5.06 Å². The molecule has 0 bridgehead atoms. The van der Waals surface area contributed by atoms with E-state index in [4.69, 9.17) is 4.74 Å². The van der Waals surface area contributed by atoms with E-state index in [-0.39, 0.29) is 6.10 Å². The quantitative estimate of drug-likeness (QED) is 0.777. The van der Waals surface area contributed by atoms with Crippen molar-refractivity contribution in [1.82, 2.24) is 0 Å². The molecule has 1 heterocycles. The summed E-state index contributed by atoms with van der Waals surface area (Å²) >= 11 is 5.12. The molecule has 0 spiro atoms. The maximum atomic E-state index is 5.65. The zero-order valence-corrected chi connectivity index (χ0v) is 11.6. The first-order valence-electron chi connectivity index (χ1n) is 5.17. The van der Waals surface area contributed by atoms with E-state index in [2.05, 4.69) is 46.3 Å². The summed E-state index contributed by atoms with van der Waals surface area (Å²) in [6.07, 6.45) is 0.233. The van der Waals surface area contributed by atoms with Gasteiger partial charge in [0.25, 0.3) is 0 Å². The zero-order valence-electron chi connectivity index (χ0n) is 9.24. The molecule has 0 saturated carbocycles. The van der Waals surface area contributed by atoms with E-state index in [1.54, 1.807) is 11.3 Å². The van der Waals surface area contributed by atoms with Gasteiger partial charge < -0.3 is 4.74 Å². The van der Waals surface area contributed by atoms with E-state index in [0.717, 1.165) is 9.54 Å². The van der Waals surface area contributed by atoms with Crippen molar-refractivity contribution in [2.24, 2.45) is 0 Å². The van der Waals surface area contributed by atoms with Crippen LogP contribution in [0.4, 0.5) is 0 Å². The molecular formula is C13H13BrOS. The van der Waals surface area contributed by atoms with Crippen LogP contribution in [0.2, 0.25) is 0 Å². The summed E-state index contributed by atoms with van der Waals surface area (Å²) in [6.45, 7) is 4.08. The first kappa shape index (κ1) is 11.7. The van der Waals surface area contributed by atoms with Gasteiger partial charge in [0.1, 0.15) is 0 Å². The van der Waals surface area contributed by atoms with Gasteiger partial charge in [0.05, 0.1) is 6.10 Å². The molecule has 2 rings (SSSR count). The second-order valence-corrected chi connectivity index (χ2v) is 5.75. The van der Waals surface area contributed by atoms with Gasteiger partial charge >= 0.3 is 0 Å². The van der Waals surface area contributed by atoms with E-state index >= 15 is 0 Å². The highest BCUT2D eigenvalue weighted by Gasteiger charge is 2.04. The van der Waals surface area contributed by atoms with Crippen LogP contribution in [0.5, 0.6) is 5.06 Å². The van der Waals surface area contributed by atoms with E-state index < -0.39 is 0 Å². The van der Waals surface area contributed by atoms with Crippen LogP contribution in [0.1, 0.15) is 13.8 Å². The monoisotopic (exact) mass is 296 g/mol. The summed E-state index contributed by atoms with van der Waals surface area (Å²) in [5, 5.41) is 0.980. The second-order valence-electron chi connectivity index (χ2n) is 3.79. The average Bonchev–Trinajstić information content (AvgIpc) is 2.66. The van der Waals surface area contributed by atoms with Gasteiger partial charge in [0, 0.05) is 9.35 Å². The third-order valence-electron chi connectivity index (χ3n) is 2.06. The molecule has 3 heteroatoms. The standard InChI is InChI=1S/C13H13BrOS/c1-9(2)15-13-8-7-12(16-13)10-3-5-11(14)6-4-10/h3-9H,1-2H3. The summed E-state index contributed by atoms with van der Waals surface area (Å²) in [6, 6.07) is 12.5. The maximum absolute atomic E-state index is 5.65. The molecule has 0 aliphatic heterocycles. The van der Waals surface area contributed by atoms with Crippen LogP contribution < -0.4 is 4.74 Å². The van der Waals surface area contributed by atoms with Crippen molar-refractivity contribution in [1.29, 1.82) is 0 Å². The number of ether oxygens (including phenoxy) is 1. The van der Waals surface area contributed by atoms with Crippen molar-refractivity contribution < 1.29 is 4.74 Å². The smallest absolute Gasteiger partial charge is 0.174 e. The van der Waals surface area contributed by atoms with E-state index in [1.807, 2.05) is 19.9 Å². The second kappa shape index (κ2) is 5.02. The van der Waals surface area contributed by atoms with Crippen molar-refractivity contribution >= 4 is 27.3 Å². The Morgan fingerprint density at radius 1 is 1.06 bits per heavy atom. The lowest BCUT2D eigenvalue weighted by Crippen LogP contribution is -2.03. The molecule has 0 fully saturated rings. The van der Waals surface area contributed by atoms with E-state index in [1.165, 1.54) is 10.4 Å². The van der Waals surface area contributed by atoms with Gasteiger partial charge in [-0.15, -0.1) is 0 Å². The Bertz CT molecular complexity index is 459. The van der Waals surface area contributed by atoms with Crippen LogP contribution >= 0.6 is 27.3 Å². The van der Waals surface area contributed by atoms with Gasteiger partial charge in [-0.2, -0.15) is 0 Å². The molecule has 0 aliphatic carbocycles. The highest BCUT2D eigenvalue weighted by molar-refractivity contribution is 9.10. The lowest BCUT2D eigenvalue weighted by atomic mass is 10.2. The Hall–Kier alpha value is -0.800. The minimum atomic E-state index is 0.233. The van der Waals surface area contributed by atoms with Crippen LogP contribution in [0.3, 0.4) is 0 Å². The summed E-state index contributed by atoms with van der Waals surface area (Å²) < 4.78 is 6.75. The van der Waals surface area contributed by atoms with Crippen molar-refractivity contribution in [2.45, 2.75) is 20.0 Å². The lowest BCUT2D eigenvalue weighted by Gasteiger charge is -2.05. The average molecular weight is 297 g/mol. The molecule has 0 N–H and O–H groups in total. The molecule has 0 saturated heterocycles. The summed E-state index contributed by atoms with van der Waals surface area (Å²) in [7, 11) is 0. The minimum Gasteiger partial charge on any atom is -0.481 e. The molecule has 0 aliphatic rings. The molecule has 1 nitrogen and oxygen atoms in total. The number of halogens is 1. The Morgan fingerprint density at radius 3 is 2.38 bits per heavy atom. The molecule has 1 aromatic carbocycles. The topological polar surface area (TPSA) is 9.23 Å². The Morgan fingerprint density at radius 2 is 1.75 bits per heavy atom. The summed E-state index contributed by atoms with van der Waals surface area (Å²) in [5.41, 5.74) is 1.23. The Balaban J connectivity index is 2.21. The predicted octanol–water partition coefficient (Wildman–Crippen LogP) is 4.96. The molecule has 0 radical (unpaired) electrons. The van der Waals surface area contributed by atoms with Crippen molar-refractivity contribution in [3.8, 4) is 15.5 Å². The van der Waals surface area contributed by atoms with Gasteiger partial charge in [-0.1, -0.05) is 39.4 Å². The Kier molecular flexibility index (Phi) is 3.66. The Labute approximate surface area is 108 Å². The van der Waals surface area contributed by atoms with Crippen LogP contribution in [-0.2, 0) is 0 Å². The molecular weight excluding hydrogens is 284 g/mol. The number of hydrogen-bond acceptors (Lipinski definition) is 2. The van der Waals surface area contributed by atoms with Crippen LogP contribution in [0, 0.1) is 0 Å². The van der Waals surface area contributed by atoms with Crippen molar-refractivity contribution in [2.75, 3.05) is 0 Å². The van der Waals surface area contributed by atoms with Crippen LogP contribution in [-0.4, -0.2) is 6.10 Å². The summed E-state index contributed by atoms with van der Waals surface area (Å²) in [5.74, 6) is 0. The van der Waals surface area contributed by atoms with Gasteiger partial charge in [-0.3, -0.25) is 0 Å². The van der Waals surface area contributed by atoms with Crippen LogP contribution in [0.25, 0.3) is 10.4 Å². The van der Waals surface area contributed by atoms with Crippen molar-refractivity contribution in [3.05, 3.63) is 40.9 Å². The third kappa shape index (κ3) is 2.86. The lowest BCUT2D eigenvalue weighted by molar-refractivity contribution is 0.250. The normalized spacial score (nSPS) is 10.8. The molecule has 16 heavy (non-hydrogen) atoms. The number of hydrogen-bond donors (Lipinski definition) is 0. The highest BCUT2D eigenvalue weighted by atomic mass is 79.9. The number of benzene rings is 1.